The van der Waals surface area contributed by atoms with Crippen molar-refractivity contribution in [3.8, 4) is 5.75 Å². The largest absolute Gasteiger partial charge is 0.484 e. The van der Waals surface area contributed by atoms with Crippen molar-refractivity contribution in [3.05, 3.63) is 59.1 Å². The van der Waals surface area contributed by atoms with Gasteiger partial charge in [0.15, 0.2) is 6.61 Å². The van der Waals surface area contributed by atoms with Crippen molar-refractivity contribution in [2.24, 2.45) is 0 Å². The van der Waals surface area contributed by atoms with Crippen LogP contribution in [0.3, 0.4) is 0 Å². The van der Waals surface area contributed by atoms with Crippen molar-refractivity contribution >= 4 is 28.5 Å². The average Bonchev–Trinajstić information content (AvgIpc) is 2.96. The molecule has 124 valence electrons. The van der Waals surface area contributed by atoms with Gasteiger partial charge in [0, 0.05) is 18.0 Å². The van der Waals surface area contributed by atoms with E-state index < -0.39 is 0 Å². The van der Waals surface area contributed by atoms with Gasteiger partial charge in [-0.15, -0.1) is 0 Å². The Labute approximate surface area is 142 Å². The molecule has 0 bridgehead atoms. The zero-order valence-electron chi connectivity index (χ0n) is 12.7. The van der Waals surface area contributed by atoms with Crippen LogP contribution in [0.4, 0.5) is 4.39 Å². The molecule has 0 atom stereocenters. The number of carbonyl (C=O) groups is 1. The molecular weight excluding hydrogens is 333 g/mol. The molecule has 5 nitrogen and oxygen atoms in total. The van der Waals surface area contributed by atoms with Crippen LogP contribution >= 0.6 is 11.6 Å². The molecule has 7 heteroatoms. The van der Waals surface area contributed by atoms with E-state index in [4.69, 9.17) is 16.3 Å². The molecule has 24 heavy (non-hydrogen) atoms. The number of imidazole rings is 1. The maximum absolute atomic E-state index is 13.1. The third-order valence-electron chi connectivity index (χ3n) is 3.36. The normalized spacial score (nSPS) is 10.8. The van der Waals surface area contributed by atoms with Gasteiger partial charge in [-0.1, -0.05) is 11.6 Å². The van der Waals surface area contributed by atoms with Crippen LogP contribution in [0.5, 0.6) is 5.75 Å². The molecule has 0 saturated carbocycles. The Balaban J connectivity index is 1.44. The van der Waals surface area contributed by atoms with Crippen molar-refractivity contribution in [1.29, 1.82) is 0 Å². The second kappa shape index (κ2) is 7.31. The van der Waals surface area contributed by atoms with E-state index in [1.54, 1.807) is 30.3 Å². The van der Waals surface area contributed by atoms with E-state index in [1.807, 2.05) is 0 Å². The lowest BCUT2D eigenvalue weighted by molar-refractivity contribution is -0.123. The fourth-order valence-corrected chi connectivity index (χ4v) is 2.33. The third kappa shape index (κ3) is 4.23. The molecule has 0 unspecified atom stereocenters. The lowest BCUT2D eigenvalue weighted by atomic mass is 10.3. The van der Waals surface area contributed by atoms with Crippen LogP contribution in [-0.4, -0.2) is 29.0 Å². The molecule has 0 fully saturated rings. The Morgan fingerprint density at radius 3 is 2.83 bits per heavy atom. The van der Waals surface area contributed by atoms with Gasteiger partial charge in [0.2, 0.25) is 0 Å². The molecule has 0 aliphatic rings. The first-order valence-electron chi connectivity index (χ1n) is 7.39. The number of benzene rings is 2. The first-order valence-corrected chi connectivity index (χ1v) is 7.77. The van der Waals surface area contributed by atoms with Crippen LogP contribution in [0.15, 0.2) is 42.5 Å². The predicted molar refractivity (Wildman–Crippen MR) is 89.7 cm³/mol. The topological polar surface area (TPSA) is 67.0 Å². The van der Waals surface area contributed by atoms with Crippen molar-refractivity contribution in [1.82, 2.24) is 15.3 Å². The van der Waals surface area contributed by atoms with Gasteiger partial charge in [0.05, 0.1) is 11.0 Å². The van der Waals surface area contributed by atoms with Crippen LogP contribution in [0.1, 0.15) is 5.82 Å². The Morgan fingerprint density at radius 1 is 1.25 bits per heavy atom. The average molecular weight is 348 g/mol. The van der Waals surface area contributed by atoms with Crippen LogP contribution < -0.4 is 10.1 Å². The van der Waals surface area contributed by atoms with E-state index >= 15 is 0 Å². The summed E-state index contributed by atoms with van der Waals surface area (Å²) in [6.45, 7) is 0.331. The zero-order chi connectivity index (χ0) is 16.9. The summed E-state index contributed by atoms with van der Waals surface area (Å²) in [5.41, 5.74) is 1.34. The number of fused-ring (bicyclic) bond motifs is 1. The second-order valence-electron chi connectivity index (χ2n) is 5.19. The van der Waals surface area contributed by atoms with Gasteiger partial charge in [-0.3, -0.25) is 4.79 Å². The lowest BCUT2D eigenvalue weighted by Crippen LogP contribution is -2.30. The minimum absolute atomic E-state index is 0.0764. The van der Waals surface area contributed by atoms with Gasteiger partial charge in [-0.05, 0) is 42.5 Å². The number of amides is 1. The minimum Gasteiger partial charge on any atom is -0.484 e. The third-order valence-corrected chi connectivity index (χ3v) is 3.61. The maximum Gasteiger partial charge on any atom is 0.257 e. The number of carbonyl (C=O) groups excluding carboxylic acids is 1. The fraction of sp³-hybridized carbons (Fsp3) is 0.176. The first-order chi connectivity index (χ1) is 11.6. The molecule has 0 radical (unpaired) electrons. The van der Waals surface area contributed by atoms with Crippen molar-refractivity contribution in [3.63, 3.8) is 0 Å². The summed E-state index contributed by atoms with van der Waals surface area (Å²) < 4.78 is 18.5. The van der Waals surface area contributed by atoms with Gasteiger partial charge in [0.25, 0.3) is 5.91 Å². The van der Waals surface area contributed by atoms with Crippen LogP contribution in [-0.2, 0) is 11.2 Å². The second-order valence-corrected chi connectivity index (χ2v) is 5.62. The SMILES string of the molecule is O=C(COc1ccc(Cl)cc1)NCCc1nc2ccc(F)cc2[nH]1. The predicted octanol–water partition coefficient (Wildman–Crippen LogP) is 3.09. The molecule has 2 aromatic carbocycles. The van der Waals surface area contributed by atoms with E-state index in [2.05, 4.69) is 15.3 Å². The molecule has 3 aromatic rings. The summed E-state index contributed by atoms with van der Waals surface area (Å²) in [7, 11) is 0. The van der Waals surface area contributed by atoms with Crippen molar-refractivity contribution in [2.75, 3.05) is 13.2 Å². The molecular formula is C17H15ClFN3O2. The van der Waals surface area contributed by atoms with Gasteiger partial charge >= 0.3 is 0 Å². The Bertz CT molecular complexity index is 849. The molecule has 1 amide bonds. The van der Waals surface area contributed by atoms with Crippen molar-refractivity contribution in [2.45, 2.75) is 6.42 Å². The van der Waals surface area contributed by atoms with E-state index in [1.165, 1.54) is 12.1 Å². The number of ether oxygens (including phenoxy) is 1. The molecule has 2 N–H and O–H groups in total. The Morgan fingerprint density at radius 2 is 2.04 bits per heavy atom. The van der Waals surface area contributed by atoms with Gasteiger partial charge in [-0.25, -0.2) is 9.37 Å². The van der Waals surface area contributed by atoms with Crippen LogP contribution in [0, 0.1) is 5.82 Å². The quantitative estimate of drug-likeness (QED) is 0.720. The standard InChI is InChI=1S/C17H15ClFN3O2/c18-11-1-4-13(5-2-11)24-10-17(23)20-8-7-16-21-14-6-3-12(19)9-15(14)22-16/h1-6,9H,7-8,10H2,(H,20,23)(H,21,22). The van der Waals surface area contributed by atoms with Crippen molar-refractivity contribution < 1.29 is 13.9 Å². The van der Waals surface area contributed by atoms with Gasteiger partial charge < -0.3 is 15.0 Å². The summed E-state index contributed by atoms with van der Waals surface area (Å²) in [6.07, 6.45) is 0.517. The van der Waals surface area contributed by atoms with Gasteiger partial charge in [0.1, 0.15) is 17.4 Å². The van der Waals surface area contributed by atoms with Crippen LogP contribution in [0.2, 0.25) is 5.02 Å². The number of hydrogen-bond donors (Lipinski definition) is 2. The smallest absolute Gasteiger partial charge is 0.257 e. The minimum atomic E-state index is -0.314. The highest BCUT2D eigenvalue weighted by Crippen LogP contribution is 2.15. The number of aromatic nitrogens is 2. The van der Waals surface area contributed by atoms with Crippen LogP contribution in [0.25, 0.3) is 11.0 Å². The number of nitrogens with one attached hydrogen (secondary N) is 2. The Hall–Kier alpha value is -2.60. The van der Waals surface area contributed by atoms with Gasteiger partial charge in [-0.2, -0.15) is 0 Å². The summed E-state index contributed by atoms with van der Waals surface area (Å²) >= 11 is 5.77. The summed E-state index contributed by atoms with van der Waals surface area (Å²) in [5, 5.41) is 3.35. The number of hydrogen-bond acceptors (Lipinski definition) is 3. The number of halogens is 2. The summed E-state index contributed by atoms with van der Waals surface area (Å²) in [5.74, 6) is 0.723. The molecule has 1 heterocycles. The van der Waals surface area contributed by atoms with E-state index in [0.717, 1.165) is 0 Å². The monoisotopic (exact) mass is 347 g/mol. The summed E-state index contributed by atoms with van der Waals surface area (Å²) in [4.78, 5) is 19.1. The highest BCUT2D eigenvalue weighted by Gasteiger charge is 2.06. The molecule has 3 rings (SSSR count). The lowest BCUT2D eigenvalue weighted by Gasteiger charge is -2.06. The van der Waals surface area contributed by atoms with E-state index in [9.17, 15) is 9.18 Å². The summed E-state index contributed by atoms with van der Waals surface area (Å²) in [6, 6.07) is 11.2. The first kappa shape index (κ1) is 16.3. The number of H-pyrrole nitrogens is 1. The zero-order valence-corrected chi connectivity index (χ0v) is 13.4. The van der Waals surface area contributed by atoms with E-state index in [0.29, 0.717) is 40.6 Å². The number of nitrogens with zero attached hydrogens (tertiary/aromatic N) is 1. The molecule has 1 aromatic heterocycles. The Kier molecular flexibility index (Phi) is 4.96. The molecule has 0 aliphatic heterocycles. The number of rotatable bonds is 6. The molecule has 0 saturated heterocycles. The highest BCUT2D eigenvalue weighted by atomic mass is 35.5. The highest BCUT2D eigenvalue weighted by molar-refractivity contribution is 6.30. The maximum atomic E-state index is 13.1. The molecule has 0 aliphatic carbocycles. The number of aromatic amines is 1. The fourth-order valence-electron chi connectivity index (χ4n) is 2.20. The van der Waals surface area contributed by atoms with E-state index in [-0.39, 0.29) is 18.3 Å². The molecule has 0 spiro atoms.